The van der Waals surface area contributed by atoms with Gasteiger partial charge in [0.05, 0.1) is 0 Å². The number of rotatable bonds is 0. The van der Waals surface area contributed by atoms with Crippen LogP contribution in [0.5, 0.6) is 0 Å². The Balaban J connectivity index is 2.21. The third-order valence-corrected chi connectivity index (χ3v) is 3.66. The highest BCUT2D eigenvalue weighted by atomic mass is 16.1. The molecule has 0 saturated heterocycles. The molecule has 1 heteroatoms. The number of Topliss-reactive ketones (excluding diaryl/α,β-unsaturated/α-hetero) is 1. The highest BCUT2D eigenvalue weighted by Gasteiger charge is 2.45. The monoisotopic (exact) mass is 152 g/mol. The smallest absolute Gasteiger partial charge is 0.136 e. The van der Waals surface area contributed by atoms with Crippen molar-refractivity contribution in [2.45, 2.75) is 45.4 Å². The van der Waals surface area contributed by atoms with Crippen LogP contribution in [-0.4, -0.2) is 5.78 Å². The van der Waals surface area contributed by atoms with Crippen LogP contribution >= 0.6 is 0 Å². The van der Waals surface area contributed by atoms with Crippen molar-refractivity contribution >= 4 is 5.78 Å². The summed E-state index contributed by atoms with van der Waals surface area (Å²) < 4.78 is 0. The molecule has 0 radical (unpaired) electrons. The van der Waals surface area contributed by atoms with E-state index < -0.39 is 0 Å². The molecule has 11 heavy (non-hydrogen) atoms. The lowest BCUT2D eigenvalue weighted by molar-refractivity contribution is -0.123. The van der Waals surface area contributed by atoms with Crippen molar-refractivity contribution < 1.29 is 4.79 Å². The van der Waals surface area contributed by atoms with E-state index in [9.17, 15) is 4.79 Å². The summed E-state index contributed by atoms with van der Waals surface area (Å²) in [6, 6.07) is 0. The summed E-state index contributed by atoms with van der Waals surface area (Å²) in [5.74, 6) is 0.989. The van der Waals surface area contributed by atoms with Crippen LogP contribution in [0.25, 0.3) is 0 Å². The first kappa shape index (κ1) is 7.33. The Hall–Kier alpha value is -0.330. The van der Waals surface area contributed by atoms with Crippen molar-refractivity contribution in [1.29, 1.82) is 0 Å². The first-order chi connectivity index (χ1) is 5.22. The van der Waals surface area contributed by atoms with Gasteiger partial charge < -0.3 is 0 Å². The molecule has 2 aliphatic rings. The van der Waals surface area contributed by atoms with E-state index in [0.29, 0.717) is 17.1 Å². The van der Waals surface area contributed by atoms with Gasteiger partial charge in [0.25, 0.3) is 0 Å². The third-order valence-electron chi connectivity index (χ3n) is 3.66. The van der Waals surface area contributed by atoms with Crippen molar-refractivity contribution in [3.05, 3.63) is 0 Å². The molecule has 62 valence electrons. The minimum Gasteiger partial charge on any atom is -0.299 e. The van der Waals surface area contributed by atoms with E-state index in [2.05, 4.69) is 6.92 Å². The molecule has 0 bridgehead atoms. The Morgan fingerprint density at radius 3 is 2.91 bits per heavy atom. The van der Waals surface area contributed by atoms with Crippen molar-refractivity contribution in [3.63, 3.8) is 0 Å². The molecule has 1 nitrogen and oxygen atoms in total. The summed E-state index contributed by atoms with van der Waals surface area (Å²) in [5, 5.41) is 0. The van der Waals surface area contributed by atoms with E-state index in [-0.39, 0.29) is 0 Å². The van der Waals surface area contributed by atoms with Crippen LogP contribution in [0.2, 0.25) is 0 Å². The number of ketones is 1. The van der Waals surface area contributed by atoms with Crippen LogP contribution < -0.4 is 0 Å². The van der Waals surface area contributed by atoms with Crippen LogP contribution in [0.15, 0.2) is 0 Å². The largest absolute Gasteiger partial charge is 0.299 e. The van der Waals surface area contributed by atoms with Gasteiger partial charge in [0.2, 0.25) is 0 Å². The van der Waals surface area contributed by atoms with Gasteiger partial charge >= 0.3 is 0 Å². The average molecular weight is 152 g/mol. The second-order valence-corrected chi connectivity index (χ2v) is 4.42. The summed E-state index contributed by atoms with van der Waals surface area (Å²) in [6.45, 7) is 2.31. The molecule has 0 spiro atoms. The normalized spacial score (nSPS) is 44.1. The van der Waals surface area contributed by atoms with Crippen molar-refractivity contribution in [2.75, 3.05) is 0 Å². The first-order valence-corrected chi connectivity index (χ1v) is 4.75. The Kier molecular flexibility index (Phi) is 1.55. The molecule has 0 aromatic heterocycles. The number of hydrogen-bond donors (Lipinski definition) is 0. The van der Waals surface area contributed by atoms with Gasteiger partial charge in [0, 0.05) is 12.3 Å². The second-order valence-electron chi connectivity index (χ2n) is 4.42. The molecule has 0 aromatic carbocycles. The molecule has 2 aliphatic carbocycles. The van der Waals surface area contributed by atoms with E-state index >= 15 is 0 Å². The average Bonchev–Trinajstić information content (AvgIpc) is 2.29. The minimum absolute atomic E-state index is 0.412. The third kappa shape index (κ3) is 1.02. The quantitative estimate of drug-likeness (QED) is 0.521. The molecule has 2 rings (SSSR count). The van der Waals surface area contributed by atoms with E-state index in [1.807, 2.05) is 0 Å². The summed E-state index contributed by atoms with van der Waals surface area (Å²) in [6.07, 6.45) is 7.13. The Morgan fingerprint density at radius 2 is 2.18 bits per heavy atom. The van der Waals surface area contributed by atoms with Crippen LogP contribution in [-0.2, 0) is 4.79 Å². The van der Waals surface area contributed by atoms with Gasteiger partial charge in [-0.2, -0.15) is 0 Å². The highest BCUT2D eigenvalue weighted by Crippen LogP contribution is 2.49. The van der Waals surface area contributed by atoms with Gasteiger partial charge in [-0.25, -0.2) is 0 Å². The standard InChI is InChI=1S/C10H16O/c1-10-6-3-2-4-8(10)9(11)5-7-10/h8H,2-7H2,1H3/t8-,10+/m0/s1. The molecule has 2 fully saturated rings. The second kappa shape index (κ2) is 2.33. The highest BCUT2D eigenvalue weighted by molar-refractivity contribution is 5.84. The van der Waals surface area contributed by atoms with Crippen LogP contribution in [0.4, 0.5) is 0 Å². The fourth-order valence-electron chi connectivity index (χ4n) is 2.83. The van der Waals surface area contributed by atoms with Crippen LogP contribution in [0.3, 0.4) is 0 Å². The van der Waals surface area contributed by atoms with Crippen molar-refractivity contribution in [3.8, 4) is 0 Å². The maximum Gasteiger partial charge on any atom is 0.136 e. The van der Waals surface area contributed by atoms with Gasteiger partial charge in [0.15, 0.2) is 0 Å². The van der Waals surface area contributed by atoms with Crippen molar-refractivity contribution in [1.82, 2.24) is 0 Å². The molecule has 0 N–H and O–H groups in total. The zero-order valence-electron chi connectivity index (χ0n) is 7.23. The molecular formula is C10H16O. The molecule has 0 unspecified atom stereocenters. The molecule has 2 atom stereocenters. The van der Waals surface area contributed by atoms with Crippen molar-refractivity contribution in [2.24, 2.45) is 11.3 Å². The number of hydrogen-bond acceptors (Lipinski definition) is 1. The zero-order valence-corrected chi connectivity index (χ0v) is 7.23. The van der Waals surface area contributed by atoms with Crippen LogP contribution in [0, 0.1) is 11.3 Å². The summed E-state index contributed by atoms with van der Waals surface area (Å²) in [5.41, 5.74) is 0.412. The zero-order chi connectivity index (χ0) is 7.90. The summed E-state index contributed by atoms with van der Waals surface area (Å²) in [4.78, 5) is 11.4. The van der Waals surface area contributed by atoms with Crippen LogP contribution in [0.1, 0.15) is 45.4 Å². The topological polar surface area (TPSA) is 17.1 Å². The number of fused-ring (bicyclic) bond motifs is 1. The Bertz CT molecular complexity index is 185. The lowest BCUT2D eigenvalue weighted by atomic mass is 9.69. The summed E-state index contributed by atoms with van der Waals surface area (Å²) in [7, 11) is 0. The maximum absolute atomic E-state index is 11.4. The minimum atomic E-state index is 0.412. The predicted molar refractivity (Wildman–Crippen MR) is 44.3 cm³/mol. The van der Waals surface area contributed by atoms with Gasteiger partial charge in [-0.1, -0.05) is 19.8 Å². The Morgan fingerprint density at radius 1 is 1.36 bits per heavy atom. The lowest BCUT2D eigenvalue weighted by Crippen LogP contribution is -2.28. The van der Waals surface area contributed by atoms with Gasteiger partial charge in [0.1, 0.15) is 5.78 Å². The SMILES string of the molecule is C[C@]12CCCC[C@H]1C(=O)CC2. The lowest BCUT2D eigenvalue weighted by Gasteiger charge is -2.34. The van der Waals surface area contributed by atoms with Gasteiger partial charge in [-0.05, 0) is 24.7 Å². The van der Waals surface area contributed by atoms with E-state index in [0.717, 1.165) is 12.8 Å². The molecule has 0 aromatic rings. The van der Waals surface area contributed by atoms with E-state index in [1.54, 1.807) is 0 Å². The summed E-state index contributed by atoms with van der Waals surface area (Å²) >= 11 is 0. The number of carbonyl (C=O) groups excluding carboxylic acids is 1. The molecule has 0 aliphatic heterocycles. The van der Waals surface area contributed by atoms with Gasteiger partial charge in [-0.15, -0.1) is 0 Å². The fraction of sp³-hybridized carbons (Fsp3) is 0.900. The Labute approximate surface area is 68.2 Å². The molecule has 0 amide bonds. The maximum atomic E-state index is 11.4. The molecule has 2 saturated carbocycles. The fourth-order valence-corrected chi connectivity index (χ4v) is 2.83. The first-order valence-electron chi connectivity index (χ1n) is 4.75. The molecular weight excluding hydrogens is 136 g/mol. The van der Waals surface area contributed by atoms with Gasteiger partial charge in [-0.3, -0.25) is 4.79 Å². The van der Waals surface area contributed by atoms with E-state index in [4.69, 9.17) is 0 Å². The van der Waals surface area contributed by atoms with E-state index in [1.165, 1.54) is 25.7 Å². The molecule has 0 heterocycles. The predicted octanol–water partition coefficient (Wildman–Crippen LogP) is 2.55. The number of carbonyl (C=O) groups is 1.